The van der Waals surface area contributed by atoms with Crippen molar-refractivity contribution in [3.8, 4) is 44.5 Å². The summed E-state index contributed by atoms with van der Waals surface area (Å²) in [6, 6.07) is 75.7. The van der Waals surface area contributed by atoms with Gasteiger partial charge in [-0.1, -0.05) is 220 Å². The number of nitrogens with zero attached hydrogens (tertiary/aromatic N) is 2. The SMILES string of the molecule is CC1C=CC(c2ccc(N(C3=CCC(C)C=C3)c3ccc(-c4ccc(-c5ccc(N(c6ccc(-c7ccccc7)cc6)C6C=CC(c7ccccc7)=CC6)cc5)cc4)c(-c4ccccc4)c3)cc2)=CC1. The third-order valence-corrected chi connectivity index (χ3v) is 14.1. The molecule has 0 N–H and O–H groups in total. The monoisotopic (exact) mass is 902 g/mol. The van der Waals surface area contributed by atoms with E-state index in [9.17, 15) is 0 Å². The molecule has 2 heteroatoms. The van der Waals surface area contributed by atoms with Crippen molar-refractivity contribution in [3.05, 3.63) is 278 Å². The molecule has 0 aromatic heterocycles. The second-order valence-electron chi connectivity index (χ2n) is 19.0. The van der Waals surface area contributed by atoms with Gasteiger partial charge in [-0.05, 0) is 152 Å². The summed E-state index contributed by atoms with van der Waals surface area (Å²) in [7, 11) is 0. The molecule has 11 rings (SSSR count). The van der Waals surface area contributed by atoms with Crippen molar-refractivity contribution in [2.75, 3.05) is 9.80 Å². The van der Waals surface area contributed by atoms with E-state index < -0.39 is 0 Å². The first-order valence-electron chi connectivity index (χ1n) is 25.0. The lowest BCUT2D eigenvalue weighted by atomic mass is 9.92. The van der Waals surface area contributed by atoms with E-state index in [1.165, 1.54) is 83.9 Å². The van der Waals surface area contributed by atoms with Crippen molar-refractivity contribution >= 4 is 33.9 Å². The summed E-state index contributed by atoms with van der Waals surface area (Å²) in [5.74, 6) is 1.11. The fourth-order valence-electron chi connectivity index (χ4n) is 10.1. The molecule has 3 aliphatic carbocycles. The largest absolute Gasteiger partial charge is 0.334 e. The molecule has 2 nitrogen and oxygen atoms in total. The predicted molar refractivity (Wildman–Crippen MR) is 299 cm³/mol. The molecule has 0 bridgehead atoms. The van der Waals surface area contributed by atoms with Crippen LogP contribution in [0.3, 0.4) is 0 Å². The smallest absolute Gasteiger partial charge is 0.0560 e. The summed E-state index contributed by atoms with van der Waals surface area (Å²) >= 11 is 0. The predicted octanol–water partition coefficient (Wildman–Crippen LogP) is 18.5. The molecule has 0 saturated carbocycles. The van der Waals surface area contributed by atoms with E-state index in [-0.39, 0.29) is 6.04 Å². The second-order valence-corrected chi connectivity index (χ2v) is 19.0. The zero-order valence-electron chi connectivity index (χ0n) is 40.1. The lowest BCUT2D eigenvalue weighted by Gasteiger charge is -2.33. The number of hydrogen-bond donors (Lipinski definition) is 0. The Kier molecular flexibility index (Phi) is 12.8. The average Bonchev–Trinajstić information content (AvgIpc) is 3.43. The summed E-state index contributed by atoms with van der Waals surface area (Å²) in [6.07, 6.45) is 24.0. The Morgan fingerprint density at radius 1 is 0.329 bits per heavy atom. The lowest BCUT2D eigenvalue weighted by Crippen LogP contribution is -2.30. The van der Waals surface area contributed by atoms with Gasteiger partial charge in [-0.3, -0.25) is 0 Å². The Labute approximate surface area is 414 Å². The Bertz CT molecular complexity index is 3260. The van der Waals surface area contributed by atoms with Crippen LogP contribution in [0.15, 0.2) is 267 Å². The van der Waals surface area contributed by atoms with E-state index in [1.54, 1.807) is 0 Å². The Morgan fingerprint density at radius 3 is 1.27 bits per heavy atom. The van der Waals surface area contributed by atoms with Crippen molar-refractivity contribution in [2.45, 2.75) is 39.2 Å². The number of allylic oxidation sites excluding steroid dienone is 9. The Morgan fingerprint density at radius 2 is 0.743 bits per heavy atom. The van der Waals surface area contributed by atoms with Gasteiger partial charge in [-0.2, -0.15) is 0 Å². The number of rotatable bonds is 12. The molecule has 0 saturated heterocycles. The molecule has 340 valence electrons. The minimum atomic E-state index is 0.170. The van der Waals surface area contributed by atoms with E-state index in [0.717, 1.165) is 30.6 Å². The van der Waals surface area contributed by atoms with Crippen LogP contribution in [0.5, 0.6) is 0 Å². The van der Waals surface area contributed by atoms with Gasteiger partial charge in [0.25, 0.3) is 0 Å². The zero-order valence-corrected chi connectivity index (χ0v) is 40.1. The molecule has 3 aliphatic rings. The first kappa shape index (κ1) is 44.3. The summed E-state index contributed by atoms with van der Waals surface area (Å²) < 4.78 is 0. The topological polar surface area (TPSA) is 6.48 Å². The highest BCUT2D eigenvalue weighted by Gasteiger charge is 2.22. The van der Waals surface area contributed by atoms with Crippen LogP contribution in [-0.2, 0) is 0 Å². The summed E-state index contributed by atoms with van der Waals surface area (Å²) in [4.78, 5) is 4.91. The van der Waals surface area contributed by atoms with Crippen LogP contribution in [0.4, 0.5) is 22.7 Å². The molecule has 0 aliphatic heterocycles. The fraction of sp³-hybridized carbons (Fsp3) is 0.118. The lowest BCUT2D eigenvalue weighted by molar-refractivity contribution is 0.728. The summed E-state index contributed by atoms with van der Waals surface area (Å²) in [5.41, 5.74) is 20.5. The highest BCUT2D eigenvalue weighted by Crippen LogP contribution is 2.42. The minimum Gasteiger partial charge on any atom is -0.334 e. The van der Waals surface area contributed by atoms with Gasteiger partial charge >= 0.3 is 0 Å². The third kappa shape index (κ3) is 9.59. The first-order valence-corrected chi connectivity index (χ1v) is 25.0. The van der Waals surface area contributed by atoms with E-state index in [1.807, 2.05) is 0 Å². The number of hydrogen-bond acceptors (Lipinski definition) is 2. The molecule has 0 heterocycles. The van der Waals surface area contributed by atoms with Crippen molar-refractivity contribution in [3.63, 3.8) is 0 Å². The Balaban J connectivity index is 0.892. The standard InChI is InChI=1S/C68H58N2/c1-49-18-22-53(23-19-49)57-34-44-65(45-35-57)70(61-36-20-50(2)21-37-61)66-46-47-67(68(48-66)59-16-10-5-11-17-59)60-26-24-54(25-27-60)58-32-42-64(43-33-58)69(62-38-28-55(29-39-62)51-12-6-3-7-13-51)63-40-30-56(31-41-63)52-14-8-4-9-15-52/h3-18,20,22-40,42-50,63H,19,21,41H2,1-2H3. The van der Waals surface area contributed by atoms with E-state index in [4.69, 9.17) is 0 Å². The van der Waals surface area contributed by atoms with Crippen LogP contribution in [0.25, 0.3) is 55.7 Å². The molecule has 0 fully saturated rings. The highest BCUT2D eigenvalue weighted by molar-refractivity contribution is 5.89. The maximum absolute atomic E-state index is 2.48. The normalized spacial score (nSPS) is 17.3. The number of benzene rings is 8. The van der Waals surface area contributed by atoms with E-state index in [0.29, 0.717) is 11.8 Å². The van der Waals surface area contributed by atoms with Gasteiger partial charge in [0, 0.05) is 28.4 Å². The molecule has 0 radical (unpaired) electrons. The molecule has 3 atom stereocenters. The van der Waals surface area contributed by atoms with Gasteiger partial charge in [-0.25, -0.2) is 0 Å². The van der Waals surface area contributed by atoms with Gasteiger partial charge in [0.1, 0.15) is 0 Å². The van der Waals surface area contributed by atoms with Crippen LogP contribution >= 0.6 is 0 Å². The molecule has 8 aromatic rings. The van der Waals surface area contributed by atoms with Crippen molar-refractivity contribution in [1.82, 2.24) is 0 Å². The number of anilines is 4. The van der Waals surface area contributed by atoms with Crippen LogP contribution in [-0.4, -0.2) is 6.04 Å². The molecule has 0 amide bonds. The summed E-state index contributed by atoms with van der Waals surface area (Å²) in [6.45, 7) is 4.56. The van der Waals surface area contributed by atoms with Crippen molar-refractivity contribution in [1.29, 1.82) is 0 Å². The van der Waals surface area contributed by atoms with Gasteiger partial charge in [0.15, 0.2) is 0 Å². The van der Waals surface area contributed by atoms with E-state index in [2.05, 4.69) is 285 Å². The second kappa shape index (κ2) is 20.2. The highest BCUT2D eigenvalue weighted by atomic mass is 15.2. The van der Waals surface area contributed by atoms with E-state index >= 15 is 0 Å². The molecule has 0 spiro atoms. The van der Waals surface area contributed by atoms with Crippen molar-refractivity contribution in [2.24, 2.45) is 11.8 Å². The first-order chi connectivity index (χ1) is 34.5. The minimum absolute atomic E-state index is 0.170. The molecule has 70 heavy (non-hydrogen) atoms. The van der Waals surface area contributed by atoms with Crippen LogP contribution in [0.1, 0.15) is 44.2 Å². The van der Waals surface area contributed by atoms with Crippen LogP contribution in [0.2, 0.25) is 0 Å². The third-order valence-electron chi connectivity index (χ3n) is 14.1. The van der Waals surface area contributed by atoms with Gasteiger partial charge < -0.3 is 9.80 Å². The van der Waals surface area contributed by atoms with Crippen molar-refractivity contribution < 1.29 is 0 Å². The molecule has 3 unspecified atom stereocenters. The van der Waals surface area contributed by atoms with Crippen LogP contribution < -0.4 is 9.80 Å². The molecule has 8 aromatic carbocycles. The molecular weight excluding hydrogens is 845 g/mol. The zero-order chi connectivity index (χ0) is 47.2. The average molecular weight is 903 g/mol. The van der Waals surface area contributed by atoms with Gasteiger partial charge in [0.05, 0.1) is 6.04 Å². The Hall–Kier alpha value is -8.20. The quantitative estimate of drug-likeness (QED) is 0.121. The van der Waals surface area contributed by atoms with Gasteiger partial charge in [0.2, 0.25) is 0 Å². The fourth-order valence-corrected chi connectivity index (χ4v) is 10.1. The van der Waals surface area contributed by atoms with Gasteiger partial charge in [-0.15, -0.1) is 0 Å². The maximum atomic E-state index is 2.48. The maximum Gasteiger partial charge on any atom is 0.0560 e. The molecular formula is C68H58N2. The van der Waals surface area contributed by atoms with Crippen LogP contribution in [0, 0.1) is 11.8 Å². The summed E-state index contributed by atoms with van der Waals surface area (Å²) in [5, 5.41) is 0.